The molecule has 3 aromatic rings. The minimum Gasteiger partial charge on any atom is -0.497 e. The van der Waals surface area contributed by atoms with E-state index >= 15 is 0 Å². The average Bonchev–Trinajstić information content (AvgIpc) is 3.22. The number of nitrogens with one attached hydrogen (secondary N) is 1. The average molecular weight is 413 g/mol. The summed E-state index contributed by atoms with van der Waals surface area (Å²) < 4.78 is 24.4. The normalized spacial score (nSPS) is 16.5. The number of ether oxygens (including phenoxy) is 2. The van der Waals surface area contributed by atoms with Crippen LogP contribution in [0.3, 0.4) is 0 Å². The number of benzene rings is 2. The van der Waals surface area contributed by atoms with Gasteiger partial charge < -0.3 is 19.7 Å². The van der Waals surface area contributed by atoms with Gasteiger partial charge in [-0.1, -0.05) is 12.1 Å². The predicted molar refractivity (Wildman–Crippen MR) is 109 cm³/mol. The monoisotopic (exact) mass is 413 g/mol. The molecule has 6 nitrogen and oxygen atoms in total. The van der Waals surface area contributed by atoms with Crippen LogP contribution >= 0.6 is 11.3 Å². The number of morpholine rings is 1. The second-order valence-electron chi connectivity index (χ2n) is 6.56. The molecule has 1 fully saturated rings. The third kappa shape index (κ3) is 4.55. The zero-order chi connectivity index (χ0) is 20.2. The van der Waals surface area contributed by atoms with Gasteiger partial charge in [-0.2, -0.15) is 0 Å². The van der Waals surface area contributed by atoms with Crippen LogP contribution < -0.4 is 10.1 Å². The van der Waals surface area contributed by atoms with E-state index in [1.807, 2.05) is 24.3 Å². The molecule has 29 heavy (non-hydrogen) atoms. The van der Waals surface area contributed by atoms with E-state index in [2.05, 4.69) is 10.3 Å². The summed E-state index contributed by atoms with van der Waals surface area (Å²) in [5.74, 6) is 0.294. The van der Waals surface area contributed by atoms with E-state index in [0.717, 1.165) is 17.0 Å². The molecule has 1 atom stereocenters. The Morgan fingerprint density at radius 3 is 2.90 bits per heavy atom. The number of hydrogen-bond donors (Lipinski definition) is 1. The predicted octanol–water partition coefficient (Wildman–Crippen LogP) is 4.25. The lowest BCUT2D eigenvalue weighted by atomic mass is 10.1. The van der Waals surface area contributed by atoms with E-state index in [0.29, 0.717) is 30.5 Å². The first-order valence-electron chi connectivity index (χ1n) is 9.15. The quantitative estimate of drug-likeness (QED) is 0.678. The summed E-state index contributed by atoms with van der Waals surface area (Å²) in [5.41, 5.74) is 1.96. The minimum absolute atomic E-state index is 0.159. The van der Waals surface area contributed by atoms with Crippen molar-refractivity contribution in [1.82, 2.24) is 9.88 Å². The van der Waals surface area contributed by atoms with Crippen molar-refractivity contribution in [2.45, 2.75) is 6.10 Å². The summed E-state index contributed by atoms with van der Waals surface area (Å²) in [6, 6.07) is 13.7. The Morgan fingerprint density at radius 1 is 1.31 bits per heavy atom. The molecule has 1 amide bonds. The highest BCUT2D eigenvalue weighted by Crippen LogP contribution is 2.26. The molecule has 0 radical (unpaired) electrons. The van der Waals surface area contributed by atoms with Crippen LogP contribution in [-0.2, 0) is 4.74 Å². The Morgan fingerprint density at radius 2 is 2.14 bits per heavy atom. The Labute approximate surface area is 171 Å². The maximum Gasteiger partial charge on any atom is 0.273 e. The van der Waals surface area contributed by atoms with Crippen LogP contribution in [0.15, 0.2) is 53.9 Å². The lowest BCUT2D eigenvalue weighted by molar-refractivity contribution is -0.0230. The highest BCUT2D eigenvalue weighted by Gasteiger charge is 2.27. The maximum absolute atomic E-state index is 13.5. The lowest BCUT2D eigenvalue weighted by Crippen LogP contribution is -2.42. The number of hydrogen-bond acceptors (Lipinski definition) is 6. The van der Waals surface area contributed by atoms with Crippen molar-refractivity contribution in [3.05, 3.63) is 71.0 Å². The van der Waals surface area contributed by atoms with E-state index < -0.39 is 0 Å². The van der Waals surface area contributed by atoms with Gasteiger partial charge in [0.15, 0.2) is 5.13 Å². The molecule has 1 aliphatic rings. The van der Waals surface area contributed by atoms with Gasteiger partial charge in [-0.05, 0) is 42.0 Å². The number of carbonyl (C=O) groups is 1. The largest absolute Gasteiger partial charge is 0.497 e. The summed E-state index contributed by atoms with van der Waals surface area (Å²) in [6.45, 7) is 1.23. The lowest BCUT2D eigenvalue weighted by Gasteiger charge is -2.32. The molecule has 1 N–H and O–H groups in total. The van der Waals surface area contributed by atoms with E-state index in [1.54, 1.807) is 29.5 Å². The fourth-order valence-corrected chi connectivity index (χ4v) is 3.84. The standard InChI is InChI=1S/C21H20FN3O3S/c1-27-17-7-5-16(6-8-17)23-21-24-18(13-29-21)20(26)25-9-10-28-19(12-25)14-3-2-4-15(22)11-14/h2-8,11,13,19H,9-10,12H2,1H3,(H,23,24). The van der Waals surface area contributed by atoms with Crippen LogP contribution in [0.1, 0.15) is 22.2 Å². The number of halogens is 1. The molecule has 2 aromatic carbocycles. The van der Waals surface area contributed by atoms with E-state index in [1.165, 1.54) is 23.5 Å². The molecule has 0 aliphatic carbocycles. The third-order valence-corrected chi connectivity index (χ3v) is 5.40. The summed E-state index contributed by atoms with van der Waals surface area (Å²) in [6.07, 6.45) is -0.348. The Balaban J connectivity index is 1.42. The SMILES string of the molecule is COc1ccc(Nc2nc(C(=O)N3CCOC(c4cccc(F)c4)C3)cs2)cc1. The molecular formula is C21H20FN3O3S. The molecule has 1 saturated heterocycles. The molecule has 0 spiro atoms. The number of carbonyl (C=O) groups excluding carboxylic acids is 1. The van der Waals surface area contributed by atoms with E-state index in [9.17, 15) is 9.18 Å². The zero-order valence-corrected chi connectivity index (χ0v) is 16.6. The first kappa shape index (κ1) is 19.4. The Kier molecular flexibility index (Phi) is 5.73. The maximum atomic E-state index is 13.5. The van der Waals surface area contributed by atoms with E-state index in [4.69, 9.17) is 9.47 Å². The number of rotatable bonds is 5. The highest BCUT2D eigenvalue weighted by atomic mass is 32.1. The van der Waals surface area contributed by atoms with Gasteiger partial charge in [0.05, 0.1) is 20.3 Å². The van der Waals surface area contributed by atoms with Crippen molar-refractivity contribution in [3.63, 3.8) is 0 Å². The second-order valence-corrected chi connectivity index (χ2v) is 7.42. The first-order valence-corrected chi connectivity index (χ1v) is 10.0. The summed E-state index contributed by atoms with van der Waals surface area (Å²) in [5, 5.41) is 5.56. The van der Waals surface area contributed by atoms with Gasteiger partial charge in [0, 0.05) is 17.6 Å². The van der Waals surface area contributed by atoms with Crippen LogP contribution in [0.2, 0.25) is 0 Å². The Hall–Kier alpha value is -2.97. The topological polar surface area (TPSA) is 63.7 Å². The smallest absolute Gasteiger partial charge is 0.273 e. The molecule has 0 saturated carbocycles. The van der Waals surface area contributed by atoms with Crippen LogP contribution in [0, 0.1) is 5.82 Å². The van der Waals surface area contributed by atoms with Gasteiger partial charge >= 0.3 is 0 Å². The second kappa shape index (κ2) is 8.59. The number of amides is 1. The number of methoxy groups -OCH3 is 1. The van der Waals surface area contributed by atoms with Gasteiger partial charge in [-0.25, -0.2) is 9.37 Å². The molecule has 8 heteroatoms. The number of anilines is 2. The van der Waals surface area contributed by atoms with Gasteiger partial charge in [-0.3, -0.25) is 4.79 Å². The van der Waals surface area contributed by atoms with Crippen molar-refractivity contribution in [3.8, 4) is 5.75 Å². The molecule has 150 valence electrons. The van der Waals surface area contributed by atoms with Crippen LogP contribution in [0.4, 0.5) is 15.2 Å². The Bertz CT molecular complexity index is 993. The van der Waals surface area contributed by atoms with Gasteiger partial charge in [-0.15, -0.1) is 11.3 Å². The summed E-state index contributed by atoms with van der Waals surface area (Å²) >= 11 is 1.36. The third-order valence-electron chi connectivity index (χ3n) is 4.64. The molecule has 1 unspecified atom stereocenters. The number of nitrogens with zero attached hydrogens (tertiary/aromatic N) is 2. The van der Waals surface area contributed by atoms with Crippen molar-refractivity contribution >= 4 is 28.1 Å². The first-order chi connectivity index (χ1) is 14.1. The molecule has 1 aliphatic heterocycles. The molecular weight excluding hydrogens is 393 g/mol. The van der Waals surface area contributed by atoms with E-state index in [-0.39, 0.29) is 17.8 Å². The van der Waals surface area contributed by atoms with Crippen molar-refractivity contribution in [2.24, 2.45) is 0 Å². The van der Waals surface area contributed by atoms with Crippen molar-refractivity contribution in [1.29, 1.82) is 0 Å². The highest BCUT2D eigenvalue weighted by molar-refractivity contribution is 7.14. The summed E-state index contributed by atoms with van der Waals surface area (Å²) in [4.78, 5) is 19.0. The number of aromatic nitrogens is 1. The van der Waals surface area contributed by atoms with Gasteiger partial charge in [0.2, 0.25) is 0 Å². The minimum atomic E-state index is -0.348. The summed E-state index contributed by atoms with van der Waals surface area (Å²) in [7, 11) is 1.62. The fraction of sp³-hybridized carbons (Fsp3) is 0.238. The zero-order valence-electron chi connectivity index (χ0n) is 15.8. The molecule has 0 bridgehead atoms. The van der Waals surface area contributed by atoms with Crippen molar-refractivity contribution in [2.75, 3.05) is 32.1 Å². The van der Waals surface area contributed by atoms with Gasteiger partial charge in [0.1, 0.15) is 23.4 Å². The van der Waals surface area contributed by atoms with Crippen LogP contribution in [0.25, 0.3) is 0 Å². The number of thiazole rings is 1. The van der Waals surface area contributed by atoms with Crippen LogP contribution in [-0.4, -0.2) is 42.6 Å². The van der Waals surface area contributed by atoms with Gasteiger partial charge in [0.25, 0.3) is 5.91 Å². The fourth-order valence-electron chi connectivity index (χ4n) is 3.13. The molecule has 1 aromatic heterocycles. The molecule has 2 heterocycles. The van der Waals surface area contributed by atoms with Crippen LogP contribution in [0.5, 0.6) is 5.75 Å². The van der Waals surface area contributed by atoms with Crippen molar-refractivity contribution < 1.29 is 18.7 Å². The molecule has 4 rings (SSSR count).